The molecule has 0 aromatic carbocycles. The van der Waals surface area contributed by atoms with Crippen LogP contribution in [0.15, 0.2) is 4.52 Å². The maximum absolute atomic E-state index is 5.38. The molecule has 108 valence electrons. The molecule has 0 saturated heterocycles. The number of nitrogens with one attached hydrogen (secondary N) is 1. The second-order valence-corrected chi connectivity index (χ2v) is 5.47. The molecule has 0 atom stereocenters. The Hall–Kier alpha value is -0.940. The first-order valence-electron chi connectivity index (χ1n) is 7.27. The lowest BCUT2D eigenvalue weighted by atomic mass is 9.79. The molecule has 1 heterocycles. The standard InChI is InChI=1S/C14H25N3O2/c1-15-14(8-4-3-5-9-14)11-13-16-12(17-19-13)7-6-10-18-2/h15H,3-11H2,1-2H3. The van der Waals surface area contributed by atoms with Crippen LogP contribution in [0.5, 0.6) is 0 Å². The predicted molar refractivity (Wildman–Crippen MR) is 73.1 cm³/mol. The van der Waals surface area contributed by atoms with Gasteiger partial charge in [0.1, 0.15) is 0 Å². The third-order valence-corrected chi connectivity index (χ3v) is 4.09. The van der Waals surface area contributed by atoms with Crippen LogP contribution in [0.1, 0.15) is 50.2 Å². The highest BCUT2D eigenvalue weighted by Crippen LogP contribution is 2.30. The Morgan fingerprint density at radius 2 is 2.11 bits per heavy atom. The van der Waals surface area contributed by atoms with Gasteiger partial charge in [-0.25, -0.2) is 0 Å². The molecule has 1 fully saturated rings. The number of hydrogen-bond acceptors (Lipinski definition) is 5. The van der Waals surface area contributed by atoms with Gasteiger partial charge in [0.2, 0.25) is 5.89 Å². The Labute approximate surface area is 115 Å². The smallest absolute Gasteiger partial charge is 0.228 e. The molecule has 1 aliphatic carbocycles. The van der Waals surface area contributed by atoms with Crippen LogP contribution < -0.4 is 5.32 Å². The zero-order valence-electron chi connectivity index (χ0n) is 12.1. The largest absolute Gasteiger partial charge is 0.385 e. The maximum Gasteiger partial charge on any atom is 0.228 e. The van der Waals surface area contributed by atoms with Gasteiger partial charge in [0.25, 0.3) is 0 Å². The van der Waals surface area contributed by atoms with Crippen molar-refractivity contribution in [2.24, 2.45) is 0 Å². The molecule has 1 N–H and O–H groups in total. The topological polar surface area (TPSA) is 60.2 Å². The molecule has 0 spiro atoms. The van der Waals surface area contributed by atoms with E-state index in [1.807, 2.05) is 7.05 Å². The number of likely N-dealkylation sites (N-methyl/N-ethyl adjacent to an activating group) is 1. The van der Waals surface area contributed by atoms with Gasteiger partial charge in [0, 0.05) is 32.1 Å². The number of aryl methyl sites for hydroxylation is 1. The summed E-state index contributed by atoms with van der Waals surface area (Å²) in [6, 6.07) is 0. The number of hydrogen-bond donors (Lipinski definition) is 1. The zero-order chi connectivity index (χ0) is 13.6. The molecule has 0 radical (unpaired) electrons. The Bertz CT molecular complexity index is 373. The molecular formula is C14H25N3O2. The van der Waals surface area contributed by atoms with E-state index in [0.29, 0.717) is 0 Å². The van der Waals surface area contributed by atoms with Gasteiger partial charge in [-0.3, -0.25) is 0 Å². The predicted octanol–water partition coefficient (Wildman–Crippen LogP) is 2.11. The lowest BCUT2D eigenvalue weighted by molar-refractivity contribution is 0.194. The fourth-order valence-electron chi connectivity index (χ4n) is 2.87. The molecule has 5 nitrogen and oxygen atoms in total. The molecule has 19 heavy (non-hydrogen) atoms. The highest BCUT2D eigenvalue weighted by molar-refractivity contribution is 4.99. The minimum Gasteiger partial charge on any atom is -0.385 e. The SMILES string of the molecule is CNC1(Cc2nc(CCCOC)no2)CCCCC1. The van der Waals surface area contributed by atoms with Crippen LogP contribution >= 0.6 is 0 Å². The number of methoxy groups -OCH3 is 1. The lowest BCUT2D eigenvalue weighted by Gasteiger charge is -2.36. The summed E-state index contributed by atoms with van der Waals surface area (Å²) in [5.41, 5.74) is 0.161. The van der Waals surface area contributed by atoms with Crippen LogP contribution in [0.25, 0.3) is 0 Å². The Balaban J connectivity index is 1.90. The van der Waals surface area contributed by atoms with Gasteiger partial charge in [-0.05, 0) is 26.3 Å². The quantitative estimate of drug-likeness (QED) is 0.767. The number of rotatable bonds is 7. The van der Waals surface area contributed by atoms with Crippen molar-refractivity contribution >= 4 is 0 Å². The summed E-state index contributed by atoms with van der Waals surface area (Å²) in [5, 5.41) is 7.53. The fraction of sp³-hybridized carbons (Fsp3) is 0.857. The van der Waals surface area contributed by atoms with Crippen LogP contribution in [0.4, 0.5) is 0 Å². The number of aromatic nitrogens is 2. The Morgan fingerprint density at radius 1 is 1.32 bits per heavy atom. The third kappa shape index (κ3) is 4.01. The third-order valence-electron chi connectivity index (χ3n) is 4.09. The highest BCUT2D eigenvalue weighted by Gasteiger charge is 2.32. The molecule has 0 bridgehead atoms. The van der Waals surface area contributed by atoms with E-state index in [2.05, 4.69) is 15.5 Å². The molecule has 0 aliphatic heterocycles. The second kappa shape index (κ2) is 7.01. The second-order valence-electron chi connectivity index (χ2n) is 5.47. The fourth-order valence-corrected chi connectivity index (χ4v) is 2.87. The van der Waals surface area contributed by atoms with E-state index in [1.165, 1.54) is 32.1 Å². The minimum atomic E-state index is 0.161. The van der Waals surface area contributed by atoms with E-state index >= 15 is 0 Å². The van der Waals surface area contributed by atoms with Crippen LogP contribution in [0.3, 0.4) is 0 Å². The first kappa shape index (κ1) is 14.5. The average molecular weight is 267 g/mol. The van der Waals surface area contributed by atoms with E-state index in [-0.39, 0.29) is 5.54 Å². The van der Waals surface area contributed by atoms with Crippen molar-refractivity contribution in [3.05, 3.63) is 11.7 Å². The molecule has 1 saturated carbocycles. The molecule has 0 unspecified atom stereocenters. The van der Waals surface area contributed by atoms with Crippen molar-refractivity contribution in [2.45, 2.75) is 56.9 Å². The molecule has 0 amide bonds. The summed E-state index contributed by atoms with van der Waals surface area (Å²) in [7, 11) is 3.75. The van der Waals surface area contributed by atoms with Gasteiger partial charge in [0.15, 0.2) is 5.82 Å². The van der Waals surface area contributed by atoms with E-state index in [0.717, 1.165) is 37.6 Å². The number of ether oxygens (including phenoxy) is 1. The maximum atomic E-state index is 5.38. The summed E-state index contributed by atoms with van der Waals surface area (Å²) in [6.07, 6.45) is 8.92. The van der Waals surface area contributed by atoms with Crippen molar-refractivity contribution < 1.29 is 9.26 Å². The van der Waals surface area contributed by atoms with E-state index in [4.69, 9.17) is 9.26 Å². The first-order valence-corrected chi connectivity index (χ1v) is 7.27. The number of nitrogens with zero attached hydrogens (tertiary/aromatic N) is 2. The average Bonchev–Trinajstić information content (AvgIpc) is 2.87. The Kier molecular flexibility index (Phi) is 5.34. The summed E-state index contributed by atoms with van der Waals surface area (Å²) in [4.78, 5) is 4.50. The van der Waals surface area contributed by atoms with E-state index < -0.39 is 0 Å². The van der Waals surface area contributed by atoms with Crippen molar-refractivity contribution in [3.63, 3.8) is 0 Å². The highest BCUT2D eigenvalue weighted by atomic mass is 16.5. The van der Waals surface area contributed by atoms with Crippen molar-refractivity contribution in [1.82, 2.24) is 15.5 Å². The summed E-state index contributed by atoms with van der Waals surface area (Å²) < 4.78 is 10.4. The monoisotopic (exact) mass is 267 g/mol. The molecule has 2 rings (SSSR count). The van der Waals surface area contributed by atoms with Crippen molar-refractivity contribution in [2.75, 3.05) is 20.8 Å². The van der Waals surface area contributed by atoms with Gasteiger partial charge in [-0.1, -0.05) is 24.4 Å². The zero-order valence-corrected chi connectivity index (χ0v) is 12.1. The molecule has 1 aromatic heterocycles. The normalized spacial score (nSPS) is 18.6. The van der Waals surface area contributed by atoms with Gasteiger partial charge < -0.3 is 14.6 Å². The van der Waals surface area contributed by atoms with Gasteiger partial charge in [-0.2, -0.15) is 4.98 Å². The summed E-state index contributed by atoms with van der Waals surface area (Å²) in [6.45, 7) is 0.740. The van der Waals surface area contributed by atoms with Crippen molar-refractivity contribution in [3.8, 4) is 0 Å². The summed E-state index contributed by atoms with van der Waals surface area (Å²) in [5.74, 6) is 1.57. The lowest BCUT2D eigenvalue weighted by Crippen LogP contribution is -2.46. The van der Waals surface area contributed by atoms with Gasteiger partial charge in [0.05, 0.1) is 0 Å². The van der Waals surface area contributed by atoms with E-state index in [1.54, 1.807) is 7.11 Å². The van der Waals surface area contributed by atoms with Gasteiger partial charge >= 0.3 is 0 Å². The van der Waals surface area contributed by atoms with Crippen molar-refractivity contribution in [1.29, 1.82) is 0 Å². The molecular weight excluding hydrogens is 242 g/mol. The van der Waals surface area contributed by atoms with Gasteiger partial charge in [-0.15, -0.1) is 0 Å². The van der Waals surface area contributed by atoms with Crippen LogP contribution in [0.2, 0.25) is 0 Å². The van der Waals surface area contributed by atoms with Crippen LogP contribution in [-0.4, -0.2) is 36.4 Å². The molecule has 1 aliphatic rings. The van der Waals surface area contributed by atoms with Crippen LogP contribution in [0, 0.1) is 0 Å². The van der Waals surface area contributed by atoms with Crippen LogP contribution in [-0.2, 0) is 17.6 Å². The minimum absolute atomic E-state index is 0.161. The Morgan fingerprint density at radius 3 is 2.79 bits per heavy atom. The molecule has 5 heteroatoms. The van der Waals surface area contributed by atoms with E-state index in [9.17, 15) is 0 Å². The first-order chi connectivity index (χ1) is 9.28. The molecule has 1 aromatic rings. The summed E-state index contributed by atoms with van der Waals surface area (Å²) >= 11 is 0.